The number of carbonyl (C=O) groups excluding carboxylic acids is 2. The van der Waals surface area contributed by atoms with Crippen molar-refractivity contribution in [3.8, 4) is 0 Å². The number of benzene rings is 3. The number of hydrogen-bond acceptors (Lipinski definition) is 4. The SMILES string of the molecule is Cc1ccc(C)c(N(CCCC(=O)N(Cc2ccc(Br)cc2)[C@H](Cc2ccccc2)C(=O)NC2CCCC2)S(C)(=O)=O)c1. The van der Waals surface area contributed by atoms with Crippen LogP contribution < -0.4 is 9.62 Å². The van der Waals surface area contributed by atoms with E-state index in [-0.39, 0.29) is 37.4 Å². The van der Waals surface area contributed by atoms with E-state index in [4.69, 9.17) is 0 Å². The van der Waals surface area contributed by atoms with Crippen LogP contribution in [0.5, 0.6) is 0 Å². The Labute approximate surface area is 264 Å². The van der Waals surface area contributed by atoms with E-state index >= 15 is 0 Å². The van der Waals surface area contributed by atoms with Gasteiger partial charge in [-0.25, -0.2) is 8.42 Å². The Kier molecular flexibility index (Phi) is 11.4. The van der Waals surface area contributed by atoms with E-state index in [2.05, 4.69) is 21.2 Å². The summed E-state index contributed by atoms with van der Waals surface area (Å²) in [7, 11) is -3.57. The first-order valence-corrected chi connectivity index (χ1v) is 17.6. The van der Waals surface area contributed by atoms with Gasteiger partial charge in [0.2, 0.25) is 21.8 Å². The van der Waals surface area contributed by atoms with Gasteiger partial charge in [-0.05, 0) is 73.6 Å². The minimum Gasteiger partial charge on any atom is -0.352 e. The van der Waals surface area contributed by atoms with Gasteiger partial charge in [-0.15, -0.1) is 0 Å². The maximum atomic E-state index is 14.0. The minimum atomic E-state index is -3.57. The smallest absolute Gasteiger partial charge is 0.243 e. The van der Waals surface area contributed by atoms with Crippen molar-refractivity contribution in [2.75, 3.05) is 17.1 Å². The topological polar surface area (TPSA) is 86.8 Å². The van der Waals surface area contributed by atoms with Crippen LogP contribution in [0, 0.1) is 13.8 Å². The summed E-state index contributed by atoms with van der Waals surface area (Å²) in [5, 5.41) is 3.23. The Morgan fingerprint density at radius 1 is 0.953 bits per heavy atom. The fourth-order valence-electron chi connectivity index (χ4n) is 5.68. The fraction of sp³-hybridized carbons (Fsp3) is 0.412. The first kappa shape index (κ1) is 32.7. The van der Waals surface area contributed by atoms with Gasteiger partial charge in [-0.1, -0.05) is 83.4 Å². The molecule has 43 heavy (non-hydrogen) atoms. The highest BCUT2D eigenvalue weighted by Crippen LogP contribution is 2.25. The molecule has 1 atom stereocenters. The monoisotopic (exact) mass is 667 g/mol. The highest BCUT2D eigenvalue weighted by Gasteiger charge is 2.32. The number of rotatable bonds is 13. The van der Waals surface area contributed by atoms with Crippen molar-refractivity contribution in [2.24, 2.45) is 0 Å². The van der Waals surface area contributed by atoms with Crippen LogP contribution in [0.1, 0.15) is 60.8 Å². The van der Waals surface area contributed by atoms with Crippen LogP contribution in [0.4, 0.5) is 5.69 Å². The van der Waals surface area contributed by atoms with Crippen LogP contribution in [-0.2, 0) is 32.6 Å². The quantitative estimate of drug-likeness (QED) is 0.231. The molecule has 2 amide bonds. The van der Waals surface area contributed by atoms with Crippen molar-refractivity contribution >= 4 is 43.5 Å². The van der Waals surface area contributed by atoms with Crippen molar-refractivity contribution in [2.45, 2.75) is 77.4 Å². The van der Waals surface area contributed by atoms with Gasteiger partial charge < -0.3 is 10.2 Å². The number of carbonyl (C=O) groups is 2. The van der Waals surface area contributed by atoms with E-state index in [0.29, 0.717) is 18.5 Å². The van der Waals surface area contributed by atoms with Gasteiger partial charge >= 0.3 is 0 Å². The molecule has 3 aromatic rings. The number of nitrogens with zero attached hydrogens (tertiary/aromatic N) is 2. The molecule has 1 N–H and O–H groups in total. The van der Waals surface area contributed by atoms with Gasteiger partial charge in [0.1, 0.15) is 6.04 Å². The third kappa shape index (κ3) is 9.41. The molecule has 1 fully saturated rings. The summed E-state index contributed by atoms with van der Waals surface area (Å²) >= 11 is 3.48. The Hall–Kier alpha value is -3.17. The molecular weight excluding hydrogens is 626 g/mol. The van der Waals surface area contributed by atoms with E-state index < -0.39 is 16.1 Å². The molecular formula is C34H42BrN3O4S. The number of anilines is 1. The zero-order valence-electron chi connectivity index (χ0n) is 25.3. The molecule has 0 aromatic heterocycles. The molecule has 3 aromatic carbocycles. The van der Waals surface area contributed by atoms with Crippen molar-refractivity contribution in [1.82, 2.24) is 10.2 Å². The molecule has 0 heterocycles. The first-order chi connectivity index (χ1) is 20.5. The van der Waals surface area contributed by atoms with Gasteiger partial charge in [0.05, 0.1) is 11.9 Å². The summed E-state index contributed by atoms with van der Waals surface area (Å²) < 4.78 is 27.9. The molecule has 0 bridgehead atoms. The predicted octanol–water partition coefficient (Wildman–Crippen LogP) is 6.31. The first-order valence-electron chi connectivity index (χ1n) is 14.9. The molecule has 0 saturated heterocycles. The molecule has 1 aliphatic rings. The fourth-order valence-corrected chi connectivity index (χ4v) is 6.96. The van der Waals surface area contributed by atoms with Gasteiger partial charge in [0.25, 0.3) is 0 Å². The van der Waals surface area contributed by atoms with E-state index in [1.54, 1.807) is 4.90 Å². The van der Waals surface area contributed by atoms with Crippen LogP contribution >= 0.6 is 15.9 Å². The van der Waals surface area contributed by atoms with Gasteiger partial charge in [0.15, 0.2) is 0 Å². The molecule has 230 valence electrons. The Bertz CT molecular complexity index is 1490. The number of amides is 2. The van der Waals surface area contributed by atoms with Crippen molar-refractivity contribution in [1.29, 1.82) is 0 Å². The Balaban J connectivity index is 1.59. The third-order valence-corrected chi connectivity index (χ3v) is 9.73. The highest BCUT2D eigenvalue weighted by molar-refractivity contribution is 9.10. The number of aryl methyl sites for hydroxylation is 2. The number of nitrogens with one attached hydrogen (secondary N) is 1. The van der Waals surface area contributed by atoms with Crippen LogP contribution in [0.3, 0.4) is 0 Å². The molecule has 0 unspecified atom stereocenters. The largest absolute Gasteiger partial charge is 0.352 e. The normalized spacial score (nSPS) is 14.3. The molecule has 9 heteroatoms. The van der Waals surface area contributed by atoms with Crippen LogP contribution in [-0.4, -0.2) is 50.0 Å². The molecule has 7 nitrogen and oxygen atoms in total. The number of halogens is 1. The molecule has 1 aliphatic carbocycles. The van der Waals surface area contributed by atoms with Crippen molar-refractivity contribution in [3.05, 3.63) is 99.5 Å². The molecule has 0 spiro atoms. The zero-order chi connectivity index (χ0) is 31.0. The van der Waals surface area contributed by atoms with E-state index in [9.17, 15) is 18.0 Å². The highest BCUT2D eigenvalue weighted by atomic mass is 79.9. The van der Waals surface area contributed by atoms with Crippen LogP contribution in [0.15, 0.2) is 77.3 Å². The average molecular weight is 669 g/mol. The molecule has 0 radical (unpaired) electrons. The van der Waals surface area contributed by atoms with E-state index in [1.807, 2.05) is 86.6 Å². The van der Waals surface area contributed by atoms with E-state index in [1.165, 1.54) is 10.6 Å². The summed E-state index contributed by atoms with van der Waals surface area (Å²) in [5.41, 5.74) is 4.32. The van der Waals surface area contributed by atoms with Crippen LogP contribution in [0.25, 0.3) is 0 Å². The Morgan fingerprint density at radius 2 is 1.63 bits per heavy atom. The zero-order valence-corrected chi connectivity index (χ0v) is 27.7. The summed E-state index contributed by atoms with van der Waals surface area (Å²) in [6, 6.07) is 22.7. The average Bonchev–Trinajstić information content (AvgIpc) is 3.48. The lowest BCUT2D eigenvalue weighted by Crippen LogP contribution is -2.52. The predicted molar refractivity (Wildman–Crippen MR) is 176 cm³/mol. The molecule has 0 aliphatic heterocycles. The Morgan fingerprint density at radius 3 is 2.28 bits per heavy atom. The van der Waals surface area contributed by atoms with Crippen molar-refractivity contribution < 1.29 is 18.0 Å². The molecule has 4 rings (SSSR count). The molecule has 1 saturated carbocycles. The summed E-state index contributed by atoms with van der Waals surface area (Å²) in [6.07, 6.45) is 6.08. The number of sulfonamides is 1. The maximum Gasteiger partial charge on any atom is 0.243 e. The van der Waals surface area contributed by atoms with Gasteiger partial charge in [-0.2, -0.15) is 0 Å². The minimum absolute atomic E-state index is 0.107. The maximum absolute atomic E-state index is 14.0. The van der Waals surface area contributed by atoms with Crippen LogP contribution in [0.2, 0.25) is 0 Å². The lowest BCUT2D eigenvalue weighted by molar-refractivity contribution is -0.141. The summed E-state index contributed by atoms with van der Waals surface area (Å²) in [4.78, 5) is 29.6. The lowest BCUT2D eigenvalue weighted by atomic mass is 10.0. The van der Waals surface area contributed by atoms with E-state index in [0.717, 1.165) is 52.4 Å². The third-order valence-electron chi connectivity index (χ3n) is 8.02. The standard InChI is InChI=1S/C34H42BrN3O4S/c1-25-15-16-26(2)31(22-25)38(43(3,41)42)21-9-14-33(39)37(24-28-17-19-29(35)20-18-28)32(23-27-10-5-4-6-11-27)34(40)36-30-12-7-8-13-30/h4-6,10-11,15-20,22,30,32H,7-9,12-14,21,23-24H2,1-3H3,(H,36,40)/t32-/m1/s1. The summed E-state index contributed by atoms with van der Waals surface area (Å²) in [6.45, 7) is 4.25. The second-order valence-electron chi connectivity index (χ2n) is 11.6. The summed E-state index contributed by atoms with van der Waals surface area (Å²) in [5.74, 6) is -0.325. The second kappa shape index (κ2) is 15.0. The second-order valence-corrected chi connectivity index (χ2v) is 14.4. The number of hydrogen-bond donors (Lipinski definition) is 1. The van der Waals surface area contributed by atoms with Crippen molar-refractivity contribution in [3.63, 3.8) is 0 Å². The lowest BCUT2D eigenvalue weighted by Gasteiger charge is -2.33. The van der Waals surface area contributed by atoms with Gasteiger partial charge in [0, 0.05) is 36.4 Å². The van der Waals surface area contributed by atoms with Gasteiger partial charge in [-0.3, -0.25) is 13.9 Å².